The van der Waals surface area contributed by atoms with E-state index in [2.05, 4.69) is 28.8 Å². The number of carbonyl (C=O) groups is 2. The highest BCUT2D eigenvalue weighted by molar-refractivity contribution is 6.31. The molecular formula is C34H28ClNO5. The van der Waals surface area contributed by atoms with Crippen molar-refractivity contribution in [3.8, 4) is 5.75 Å². The van der Waals surface area contributed by atoms with Crippen LogP contribution in [0, 0.1) is 0 Å². The number of hydrogen-bond donors (Lipinski definition) is 1. The van der Waals surface area contributed by atoms with E-state index in [1.165, 1.54) is 7.11 Å². The zero-order chi connectivity index (χ0) is 28.8. The topological polar surface area (TPSA) is 77.8 Å². The molecule has 0 aliphatic heterocycles. The van der Waals surface area contributed by atoms with Crippen molar-refractivity contribution in [1.29, 1.82) is 0 Å². The van der Waals surface area contributed by atoms with E-state index in [0.717, 1.165) is 39.4 Å². The van der Waals surface area contributed by atoms with Gasteiger partial charge in [0.1, 0.15) is 5.75 Å². The number of nitrogens with zero attached hydrogens (tertiary/aromatic N) is 1. The predicted octanol–water partition coefficient (Wildman–Crippen LogP) is 7.44. The molecule has 0 aliphatic rings. The summed E-state index contributed by atoms with van der Waals surface area (Å²) in [6.07, 6.45) is 3.29. The maximum atomic E-state index is 11.8. The largest absolute Gasteiger partial charge is 0.493 e. The summed E-state index contributed by atoms with van der Waals surface area (Å²) >= 11 is 6.49. The Labute approximate surface area is 243 Å². The van der Waals surface area contributed by atoms with Crippen LogP contribution in [0.25, 0.3) is 17.0 Å². The summed E-state index contributed by atoms with van der Waals surface area (Å²) in [6, 6.07) is 32.5. The van der Waals surface area contributed by atoms with Gasteiger partial charge in [0.25, 0.3) is 0 Å². The van der Waals surface area contributed by atoms with Gasteiger partial charge in [-0.25, -0.2) is 9.59 Å². The molecule has 0 spiro atoms. The lowest BCUT2D eigenvalue weighted by Gasteiger charge is -2.24. The van der Waals surface area contributed by atoms with Crippen molar-refractivity contribution in [3.63, 3.8) is 0 Å². The Kier molecular flexibility index (Phi) is 8.51. The normalized spacial score (nSPS) is 11.3. The van der Waals surface area contributed by atoms with Crippen molar-refractivity contribution in [2.24, 2.45) is 0 Å². The molecule has 7 heteroatoms. The number of esters is 1. The summed E-state index contributed by atoms with van der Waals surface area (Å²) in [5, 5.41) is 11.1. The summed E-state index contributed by atoms with van der Waals surface area (Å²) in [5.41, 5.74) is 5.16. The number of carbonyl (C=O) groups excluding carboxylic acids is 1. The highest BCUT2D eigenvalue weighted by atomic mass is 35.5. The number of aliphatic carboxylic acids is 1. The molecule has 5 aromatic rings. The van der Waals surface area contributed by atoms with E-state index in [0.29, 0.717) is 29.4 Å². The fourth-order valence-corrected chi connectivity index (χ4v) is 5.25. The molecule has 4 aromatic carbocycles. The van der Waals surface area contributed by atoms with Crippen molar-refractivity contribution in [1.82, 2.24) is 4.57 Å². The van der Waals surface area contributed by atoms with E-state index >= 15 is 0 Å². The number of halogens is 1. The van der Waals surface area contributed by atoms with E-state index in [-0.39, 0.29) is 6.04 Å². The number of benzene rings is 4. The van der Waals surface area contributed by atoms with Crippen LogP contribution in [-0.4, -0.2) is 35.3 Å². The molecule has 0 saturated heterocycles. The van der Waals surface area contributed by atoms with Crippen LogP contribution in [0.4, 0.5) is 0 Å². The van der Waals surface area contributed by atoms with Gasteiger partial charge in [0.2, 0.25) is 0 Å². The molecule has 206 valence electrons. The third-order valence-corrected chi connectivity index (χ3v) is 7.12. The van der Waals surface area contributed by atoms with Crippen LogP contribution in [0.15, 0.2) is 109 Å². The minimum atomic E-state index is -1.04. The van der Waals surface area contributed by atoms with Crippen LogP contribution < -0.4 is 4.74 Å². The Balaban J connectivity index is 1.62. The zero-order valence-electron chi connectivity index (χ0n) is 22.4. The third-order valence-electron chi connectivity index (χ3n) is 6.88. The number of aromatic nitrogens is 1. The van der Waals surface area contributed by atoms with E-state index in [1.807, 2.05) is 54.6 Å². The number of carboxylic acid groups (broad SMARTS) is 1. The Hall–Kier alpha value is -4.81. The molecule has 0 saturated carbocycles. The Morgan fingerprint density at radius 3 is 2.12 bits per heavy atom. The molecule has 0 atom stereocenters. The third kappa shape index (κ3) is 6.18. The molecular weight excluding hydrogens is 538 g/mol. The van der Waals surface area contributed by atoms with Gasteiger partial charge in [-0.2, -0.15) is 0 Å². The van der Waals surface area contributed by atoms with E-state index in [4.69, 9.17) is 21.1 Å². The summed E-state index contributed by atoms with van der Waals surface area (Å²) in [6.45, 7) is 0.318. The van der Waals surface area contributed by atoms with Gasteiger partial charge in [-0.1, -0.05) is 72.3 Å². The van der Waals surface area contributed by atoms with Crippen molar-refractivity contribution in [2.45, 2.75) is 12.5 Å². The molecule has 1 aromatic heterocycles. The highest BCUT2D eigenvalue weighted by Gasteiger charge is 2.24. The first-order valence-electron chi connectivity index (χ1n) is 13.1. The first kappa shape index (κ1) is 27.7. The summed E-state index contributed by atoms with van der Waals surface area (Å²) in [5.74, 6) is -0.848. The summed E-state index contributed by atoms with van der Waals surface area (Å²) in [7, 11) is 1.34. The van der Waals surface area contributed by atoms with Gasteiger partial charge in [0.15, 0.2) is 0 Å². The van der Waals surface area contributed by atoms with Crippen LogP contribution in [0.1, 0.15) is 38.8 Å². The number of ether oxygens (including phenoxy) is 2. The average Bonchev–Trinajstić information content (AvgIpc) is 3.29. The zero-order valence-corrected chi connectivity index (χ0v) is 23.1. The molecule has 0 radical (unpaired) electrons. The minimum absolute atomic E-state index is 0.227. The monoisotopic (exact) mass is 565 g/mol. The quantitative estimate of drug-likeness (QED) is 0.141. The number of carboxylic acids is 1. The molecule has 0 amide bonds. The molecule has 0 fully saturated rings. The highest BCUT2D eigenvalue weighted by Crippen LogP contribution is 2.38. The molecule has 0 aliphatic carbocycles. The molecule has 1 N–H and O–H groups in total. The van der Waals surface area contributed by atoms with Gasteiger partial charge in [-0.05, 0) is 65.2 Å². The van der Waals surface area contributed by atoms with E-state index < -0.39 is 11.9 Å². The molecule has 0 unspecified atom stereocenters. The number of methoxy groups -OCH3 is 1. The second-order valence-corrected chi connectivity index (χ2v) is 9.84. The van der Waals surface area contributed by atoms with Crippen LogP contribution in [0.3, 0.4) is 0 Å². The van der Waals surface area contributed by atoms with Crippen molar-refractivity contribution in [3.05, 3.63) is 142 Å². The van der Waals surface area contributed by atoms with E-state index in [9.17, 15) is 14.7 Å². The van der Waals surface area contributed by atoms with Gasteiger partial charge in [0.05, 0.1) is 25.3 Å². The number of rotatable bonds is 10. The SMILES string of the molecule is COC(=O)c1ccc(OCCc2c(C=CC(=O)O)n(C(c3ccccc3)c3ccccc3)c3ccc(Cl)cc23)cc1. The van der Waals surface area contributed by atoms with Gasteiger partial charge >= 0.3 is 11.9 Å². The molecule has 6 nitrogen and oxygen atoms in total. The van der Waals surface area contributed by atoms with Crippen LogP contribution in [-0.2, 0) is 16.0 Å². The summed E-state index contributed by atoms with van der Waals surface area (Å²) < 4.78 is 13.0. The Morgan fingerprint density at radius 2 is 1.54 bits per heavy atom. The predicted molar refractivity (Wildman–Crippen MR) is 161 cm³/mol. The molecule has 5 rings (SSSR count). The van der Waals surface area contributed by atoms with Crippen molar-refractivity contribution < 1.29 is 24.2 Å². The fourth-order valence-electron chi connectivity index (χ4n) is 5.08. The molecule has 0 bridgehead atoms. The first-order chi connectivity index (χ1) is 20.0. The minimum Gasteiger partial charge on any atom is -0.493 e. The van der Waals surface area contributed by atoms with Gasteiger partial charge in [-0.15, -0.1) is 0 Å². The maximum absolute atomic E-state index is 11.8. The molecule has 41 heavy (non-hydrogen) atoms. The lowest BCUT2D eigenvalue weighted by molar-refractivity contribution is -0.131. The number of hydrogen-bond acceptors (Lipinski definition) is 4. The Bertz CT molecular complexity index is 1650. The second kappa shape index (κ2) is 12.6. The number of fused-ring (bicyclic) bond motifs is 1. The van der Waals surface area contributed by atoms with Gasteiger partial charge < -0.3 is 19.1 Å². The Morgan fingerprint density at radius 1 is 0.902 bits per heavy atom. The second-order valence-electron chi connectivity index (χ2n) is 9.41. The van der Waals surface area contributed by atoms with Crippen LogP contribution in [0.5, 0.6) is 5.75 Å². The van der Waals surface area contributed by atoms with Crippen molar-refractivity contribution in [2.75, 3.05) is 13.7 Å². The van der Waals surface area contributed by atoms with Crippen LogP contribution >= 0.6 is 11.6 Å². The van der Waals surface area contributed by atoms with Crippen LogP contribution in [0.2, 0.25) is 5.02 Å². The van der Waals surface area contributed by atoms with Crippen molar-refractivity contribution >= 4 is 40.5 Å². The smallest absolute Gasteiger partial charge is 0.337 e. The summed E-state index contributed by atoms with van der Waals surface area (Å²) in [4.78, 5) is 23.5. The lowest BCUT2D eigenvalue weighted by Crippen LogP contribution is -2.14. The van der Waals surface area contributed by atoms with Gasteiger partial charge in [0, 0.05) is 34.1 Å². The standard InChI is InChI=1S/C34H28ClNO5/c1-40-34(39)25-12-15-27(16-13-25)41-21-20-28-29-22-26(35)14-17-31(29)36(30(28)18-19-32(37)38)33(23-8-4-2-5-9-23)24-10-6-3-7-11-24/h2-19,22,33H,20-21H2,1H3,(H,37,38). The lowest BCUT2D eigenvalue weighted by atomic mass is 9.98. The van der Waals surface area contributed by atoms with E-state index in [1.54, 1.807) is 30.3 Å². The average molecular weight is 566 g/mol. The maximum Gasteiger partial charge on any atom is 0.337 e. The molecule has 1 heterocycles. The van der Waals surface area contributed by atoms with Gasteiger partial charge in [-0.3, -0.25) is 0 Å². The fraction of sp³-hybridized carbons (Fsp3) is 0.118. The first-order valence-corrected chi connectivity index (χ1v) is 13.5.